The lowest BCUT2D eigenvalue weighted by atomic mass is 9.59. The van der Waals surface area contributed by atoms with Crippen molar-refractivity contribution in [1.82, 2.24) is 0 Å². The minimum absolute atomic E-state index is 0.00623. The molecule has 0 bridgehead atoms. The number of amides is 1. The summed E-state index contributed by atoms with van der Waals surface area (Å²) in [5.74, 6) is -0.209. The number of hydrogen-bond acceptors (Lipinski definition) is 9. The summed E-state index contributed by atoms with van der Waals surface area (Å²) < 4.78 is 5.23. The molecule has 0 heterocycles. The minimum Gasteiger partial charge on any atom is -0.508 e. The third-order valence-corrected chi connectivity index (χ3v) is 7.93. The van der Waals surface area contributed by atoms with E-state index in [0.29, 0.717) is 22.6 Å². The van der Waals surface area contributed by atoms with Crippen LogP contribution in [0.3, 0.4) is 0 Å². The molecule has 206 valence electrons. The second-order valence-electron chi connectivity index (χ2n) is 10.4. The number of ketones is 2. The molecule has 6 N–H and O–H groups in total. The zero-order valence-corrected chi connectivity index (χ0v) is 22.1. The number of primary amides is 1. The molecule has 3 aliphatic rings. The molecule has 3 aliphatic carbocycles. The third kappa shape index (κ3) is 3.89. The molecule has 2 aromatic carbocycles. The van der Waals surface area contributed by atoms with Gasteiger partial charge in [0.25, 0.3) is 5.91 Å². The number of Topliss-reactive ketones (excluding diaryl/α,β-unsaturated/α-hetero) is 2. The normalized spacial score (nSPS) is 23.5. The zero-order chi connectivity index (χ0) is 29.1. The van der Waals surface area contributed by atoms with E-state index in [4.69, 9.17) is 10.5 Å². The number of benzene rings is 2. The van der Waals surface area contributed by atoms with Crippen molar-refractivity contribution in [3.05, 3.63) is 69.5 Å². The number of rotatable bonds is 3. The van der Waals surface area contributed by atoms with Crippen molar-refractivity contribution >= 4 is 28.9 Å². The highest BCUT2D eigenvalue weighted by Crippen LogP contribution is 2.53. The van der Waals surface area contributed by atoms with E-state index in [1.807, 2.05) is 0 Å². The van der Waals surface area contributed by atoms with E-state index in [2.05, 4.69) is 11.8 Å². The summed E-state index contributed by atoms with van der Waals surface area (Å²) in [4.78, 5) is 39.9. The molecule has 5 rings (SSSR count). The highest BCUT2D eigenvalue weighted by Gasteiger charge is 2.60. The highest BCUT2D eigenvalue weighted by atomic mass is 16.5. The van der Waals surface area contributed by atoms with Crippen molar-refractivity contribution in [2.75, 3.05) is 26.1 Å². The van der Waals surface area contributed by atoms with Crippen LogP contribution in [0.4, 0.5) is 5.69 Å². The molecule has 1 amide bonds. The third-order valence-electron chi connectivity index (χ3n) is 7.93. The quantitative estimate of drug-likeness (QED) is 0.286. The Hall–Kier alpha value is -4.75. The van der Waals surface area contributed by atoms with Gasteiger partial charge in [-0.2, -0.15) is 0 Å². The van der Waals surface area contributed by atoms with Crippen LogP contribution >= 0.6 is 0 Å². The number of phenolic OH excluding ortho intramolecular Hbond substituents is 1. The maximum Gasteiger partial charge on any atom is 0.255 e. The summed E-state index contributed by atoms with van der Waals surface area (Å²) in [6.45, 7) is 0. The fourth-order valence-corrected chi connectivity index (χ4v) is 6.00. The number of phenols is 1. The van der Waals surface area contributed by atoms with E-state index < -0.39 is 52.0 Å². The van der Waals surface area contributed by atoms with E-state index in [9.17, 15) is 34.8 Å². The lowest BCUT2D eigenvalue weighted by molar-refractivity contribution is -0.147. The molecule has 0 aliphatic heterocycles. The van der Waals surface area contributed by atoms with Crippen LogP contribution in [0, 0.1) is 23.7 Å². The first kappa shape index (κ1) is 26.8. The number of aliphatic hydroxyl groups is 3. The molecule has 3 atom stereocenters. The van der Waals surface area contributed by atoms with E-state index in [1.54, 1.807) is 49.3 Å². The average molecular weight is 545 g/mol. The summed E-state index contributed by atoms with van der Waals surface area (Å²) in [7, 11) is 5.12. The fraction of sp³-hybridized carbons (Fsp3) is 0.300. The van der Waals surface area contributed by atoms with Gasteiger partial charge in [-0.3, -0.25) is 14.4 Å². The van der Waals surface area contributed by atoms with Crippen LogP contribution in [-0.2, 0) is 20.8 Å². The molecule has 0 saturated heterocycles. The van der Waals surface area contributed by atoms with Crippen LogP contribution in [0.2, 0.25) is 0 Å². The van der Waals surface area contributed by atoms with E-state index in [0.717, 1.165) is 0 Å². The Labute approximate surface area is 230 Å². The Balaban J connectivity index is 1.69. The maximum absolute atomic E-state index is 13.8. The van der Waals surface area contributed by atoms with Gasteiger partial charge in [0.15, 0.2) is 11.4 Å². The van der Waals surface area contributed by atoms with Crippen LogP contribution in [0.1, 0.15) is 35.1 Å². The van der Waals surface area contributed by atoms with Gasteiger partial charge in [-0.1, -0.05) is 17.9 Å². The monoisotopic (exact) mass is 544 g/mol. The van der Waals surface area contributed by atoms with Crippen molar-refractivity contribution in [1.29, 1.82) is 0 Å². The zero-order valence-electron chi connectivity index (χ0n) is 22.1. The van der Waals surface area contributed by atoms with Gasteiger partial charge >= 0.3 is 0 Å². The van der Waals surface area contributed by atoms with Gasteiger partial charge in [0.05, 0.1) is 18.2 Å². The first-order valence-corrected chi connectivity index (χ1v) is 12.6. The number of carbonyl (C=O) groups is 3. The van der Waals surface area contributed by atoms with Gasteiger partial charge in [-0.25, -0.2) is 0 Å². The number of ether oxygens (including phenoxy) is 1. The van der Waals surface area contributed by atoms with E-state index in [-0.39, 0.29) is 41.7 Å². The first-order valence-electron chi connectivity index (χ1n) is 12.6. The van der Waals surface area contributed by atoms with Gasteiger partial charge in [-0.15, -0.1) is 0 Å². The predicted molar refractivity (Wildman–Crippen MR) is 145 cm³/mol. The maximum atomic E-state index is 13.8. The molecule has 0 unspecified atom stereocenters. The van der Waals surface area contributed by atoms with E-state index in [1.165, 1.54) is 7.11 Å². The van der Waals surface area contributed by atoms with Crippen molar-refractivity contribution in [2.24, 2.45) is 17.6 Å². The fourth-order valence-electron chi connectivity index (χ4n) is 6.00. The van der Waals surface area contributed by atoms with Crippen LogP contribution < -0.4 is 15.4 Å². The van der Waals surface area contributed by atoms with Gasteiger partial charge in [0.2, 0.25) is 5.78 Å². The van der Waals surface area contributed by atoms with Gasteiger partial charge < -0.3 is 35.8 Å². The Kier molecular flexibility index (Phi) is 6.35. The van der Waals surface area contributed by atoms with Crippen molar-refractivity contribution in [3.8, 4) is 23.3 Å². The van der Waals surface area contributed by atoms with Gasteiger partial charge in [-0.05, 0) is 48.6 Å². The standard InChI is InChI=1S/C30H28N2O8/c1-32(2)20-12-15(8-7-14-5-4-6-18(9-14)40-3)25(34)23-19(20)11-16-10-17-13-21(33)24(29(31)38)28(37)30(17,39)27(36)22(16)26(23)35/h4-6,9,12,16-17,34-35,37,39H,10-11,13H2,1-3H3,(H2,31,38)/t16-,17+,30+/m1/s1. The number of anilines is 1. The predicted octanol–water partition coefficient (Wildman–Crippen LogP) is 1.90. The van der Waals surface area contributed by atoms with Crippen LogP contribution in [0.15, 0.2) is 47.2 Å². The molecular formula is C30H28N2O8. The Bertz CT molecular complexity index is 1620. The smallest absolute Gasteiger partial charge is 0.255 e. The number of nitrogens with zero attached hydrogens (tertiary/aromatic N) is 1. The second-order valence-corrected chi connectivity index (χ2v) is 10.4. The highest BCUT2D eigenvalue weighted by molar-refractivity contribution is 6.22. The molecule has 0 aromatic heterocycles. The summed E-state index contributed by atoms with van der Waals surface area (Å²) in [6.07, 6.45) is -0.0977. The molecule has 10 heteroatoms. The Morgan fingerprint density at radius 2 is 1.85 bits per heavy atom. The Morgan fingerprint density at radius 1 is 1.12 bits per heavy atom. The molecular weight excluding hydrogens is 516 g/mol. The molecule has 1 saturated carbocycles. The first-order chi connectivity index (χ1) is 18.9. The minimum atomic E-state index is -2.61. The number of aromatic hydroxyl groups is 1. The van der Waals surface area contributed by atoms with Gasteiger partial charge in [0, 0.05) is 43.3 Å². The van der Waals surface area contributed by atoms with Crippen LogP contribution in [0.5, 0.6) is 11.5 Å². The van der Waals surface area contributed by atoms with Crippen LogP contribution in [0.25, 0.3) is 5.76 Å². The molecule has 1 fully saturated rings. The molecule has 40 heavy (non-hydrogen) atoms. The number of methoxy groups -OCH3 is 1. The number of fused-ring (bicyclic) bond motifs is 3. The largest absolute Gasteiger partial charge is 0.508 e. The van der Waals surface area contributed by atoms with Crippen molar-refractivity contribution in [2.45, 2.75) is 24.9 Å². The molecule has 0 radical (unpaired) electrons. The number of aliphatic hydroxyl groups excluding tert-OH is 2. The average Bonchev–Trinajstić information content (AvgIpc) is 2.90. The lowest BCUT2D eigenvalue weighted by Crippen LogP contribution is -2.58. The number of hydrogen-bond donors (Lipinski definition) is 5. The lowest BCUT2D eigenvalue weighted by Gasteiger charge is -2.46. The summed E-state index contributed by atoms with van der Waals surface area (Å²) in [5, 5.41) is 44.9. The second kappa shape index (κ2) is 9.47. The van der Waals surface area contributed by atoms with Crippen LogP contribution in [-0.4, -0.2) is 64.7 Å². The summed E-state index contributed by atoms with van der Waals surface area (Å²) in [5.41, 5.74) is 3.64. The Morgan fingerprint density at radius 3 is 2.50 bits per heavy atom. The number of nitrogens with two attached hydrogens (primary N) is 1. The van der Waals surface area contributed by atoms with Crippen molar-refractivity contribution < 1.29 is 39.5 Å². The van der Waals surface area contributed by atoms with E-state index >= 15 is 0 Å². The topological polar surface area (TPSA) is 171 Å². The van der Waals surface area contributed by atoms with Gasteiger partial charge in [0.1, 0.15) is 28.6 Å². The summed E-state index contributed by atoms with van der Waals surface area (Å²) >= 11 is 0. The molecule has 2 aromatic rings. The van der Waals surface area contributed by atoms with Crippen molar-refractivity contribution in [3.63, 3.8) is 0 Å². The molecule has 10 nitrogen and oxygen atoms in total. The summed E-state index contributed by atoms with van der Waals surface area (Å²) in [6, 6.07) is 8.74. The number of carbonyl (C=O) groups excluding carboxylic acids is 3. The SMILES string of the molecule is COc1cccc(C#Cc2cc(N(C)C)c3c(c2O)C(O)=C2C(=O)[C@]4(O)C(O)=C(C(N)=O)C(=O)C[C@@H]4C[C@@H]2C3)c1. The molecule has 0 spiro atoms.